The topological polar surface area (TPSA) is 211 Å². The van der Waals surface area contributed by atoms with Gasteiger partial charge in [-0.2, -0.15) is 0 Å². The van der Waals surface area contributed by atoms with Gasteiger partial charge in [-0.1, -0.05) is 27.7 Å². The smallest absolute Gasteiger partial charge is 0.870 e. The van der Waals surface area contributed by atoms with Crippen molar-refractivity contribution in [3.8, 4) is 0 Å². The first-order chi connectivity index (χ1) is 22.4. The number of carbonyl (C=O) groups is 4. The standard InChI is InChI=1S/C17H23N3O3S.C16H21N3O3S.Li.H2O/c1-4-6-20(7-5-2)16(21)11-8-13-12(19-15(18)9-11)10-14(24-13)17(22)23-3;1-3-5-19(6-4-2)15(20)10-7-12-11(18-14(17)8-10)9-13(23-12)16(21)22;;/h8,10H,4-7,9H2,1-3H3,(H2,18,19);7,9H,3-6,8H2,1-2H3,(H2,17,18)(H,21,22);;1H2/q;;+1;/p-1. The molecule has 0 aliphatic carbocycles. The maximum atomic E-state index is 12.8. The Morgan fingerprint density at radius 2 is 1.12 bits per heavy atom. The zero-order chi connectivity index (χ0) is 34.7. The summed E-state index contributed by atoms with van der Waals surface area (Å²) in [7, 11) is 1.34. The number of amides is 2. The number of amidine groups is 2. The van der Waals surface area contributed by atoms with E-state index in [4.69, 9.17) is 21.3 Å². The van der Waals surface area contributed by atoms with Gasteiger partial charge in [-0.3, -0.25) is 9.59 Å². The molecule has 2 aliphatic heterocycles. The predicted molar refractivity (Wildman–Crippen MR) is 191 cm³/mol. The van der Waals surface area contributed by atoms with Crippen molar-refractivity contribution in [1.29, 1.82) is 0 Å². The zero-order valence-electron chi connectivity index (χ0n) is 29.1. The third kappa shape index (κ3) is 11.7. The van der Waals surface area contributed by atoms with E-state index in [-0.39, 0.29) is 47.4 Å². The number of carboxylic acids is 1. The molecule has 16 heteroatoms. The Kier molecular flexibility index (Phi) is 18.3. The predicted octanol–water partition coefficient (Wildman–Crippen LogP) is 2.66. The minimum atomic E-state index is -1.00. The molecule has 49 heavy (non-hydrogen) atoms. The normalized spacial score (nSPS) is 13.0. The van der Waals surface area contributed by atoms with Crippen LogP contribution in [0.15, 0.2) is 33.3 Å². The van der Waals surface area contributed by atoms with E-state index in [0.29, 0.717) is 76.5 Å². The number of carbonyl (C=O) groups excluding carboxylic acids is 3. The summed E-state index contributed by atoms with van der Waals surface area (Å²) in [6.07, 6.45) is 7.71. The first-order valence-electron chi connectivity index (χ1n) is 15.7. The minimum absolute atomic E-state index is 0. The quantitative estimate of drug-likeness (QED) is 0.218. The minimum Gasteiger partial charge on any atom is -0.870 e. The number of fused-ring (bicyclic) bond motifs is 2. The molecule has 2 amide bonds. The van der Waals surface area contributed by atoms with Crippen LogP contribution in [0.25, 0.3) is 12.2 Å². The number of esters is 1. The van der Waals surface area contributed by atoms with E-state index in [1.54, 1.807) is 18.2 Å². The van der Waals surface area contributed by atoms with Gasteiger partial charge in [0.05, 0.1) is 28.2 Å². The number of hydrogen-bond acceptors (Lipinski definition) is 12. The van der Waals surface area contributed by atoms with Gasteiger partial charge in [0.1, 0.15) is 21.4 Å². The molecule has 13 nitrogen and oxygen atoms in total. The molecule has 0 aromatic carbocycles. The van der Waals surface area contributed by atoms with Crippen LogP contribution in [0.2, 0.25) is 0 Å². The molecule has 0 fully saturated rings. The van der Waals surface area contributed by atoms with Gasteiger partial charge >= 0.3 is 30.8 Å². The number of ether oxygens (including phenoxy) is 1. The molecular formula is C33H45LiN6O7S2. The fourth-order valence-electron chi connectivity index (χ4n) is 5.07. The Balaban J connectivity index is 0.000000471. The molecule has 0 bridgehead atoms. The van der Waals surface area contributed by atoms with Gasteiger partial charge in [0.2, 0.25) is 11.8 Å². The molecule has 2 aromatic rings. The van der Waals surface area contributed by atoms with Crippen LogP contribution in [0, 0.1) is 0 Å². The van der Waals surface area contributed by atoms with E-state index in [1.807, 2.05) is 37.5 Å². The molecule has 4 rings (SSSR count). The second kappa shape index (κ2) is 20.7. The molecule has 0 radical (unpaired) electrons. The number of carboxylic acid groups (broad SMARTS) is 1. The van der Waals surface area contributed by atoms with Crippen LogP contribution >= 0.6 is 22.7 Å². The zero-order valence-corrected chi connectivity index (χ0v) is 30.7. The third-order valence-electron chi connectivity index (χ3n) is 7.06. The van der Waals surface area contributed by atoms with Crippen LogP contribution < -0.4 is 30.3 Å². The fourth-order valence-corrected chi connectivity index (χ4v) is 6.96. The number of aromatic carboxylic acids is 1. The Morgan fingerprint density at radius 1 is 0.755 bits per heavy atom. The van der Waals surface area contributed by atoms with Gasteiger partial charge in [0.15, 0.2) is 0 Å². The van der Waals surface area contributed by atoms with Crippen molar-refractivity contribution >= 4 is 81.6 Å². The molecule has 0 saturated carbocycles. The van der Waals surface area contributed by atoms with Crippen molar-refractivity contribution in [1.82, 2.24) is 9.80 Å². The maximum absolute atomic E-state index is 12.8. The monoisotopic (exact) mass is 708 g/mol. The van der Waals surface area contributed by atoms with Crippen LogP contribution in [0.4, 0.5) is 11.4 Å². The molecule has 4 heterocycles. The van der Waals surface area contributed by atoms with Crippen molar-refractivity contribution in [3.05, 3.63) is 42.8 Å². The number of methoxy groups -OCH3 is 1. The molecule has 0 unspecified atom stereocenters. The molecule has 2 aromatic heterocycles. The summed E-state index contributed by atoms with van der Waals surface area (Å²) in [4.78, 5) is 62.7. The Morgan fingerprint density at radius 3 is 1.47 bits per heavy atom. The van der Waals surface area contributed by atoms with Crippen molar-refractivity contribution < 1.29 is 53.4 Å². The van der Waals surface area contributed by atoms with E-state index < -0.39 is 11.9 Å². The van der Waals surface area contributed by atoms with Gasteiger partial charge in [-0.25, -0.2) is 19.6 Å². The molecular weight excluding hydrogens is 663 g/mol. The summed E-state index contributed by atoms with van der Waals surface area (Å²) < 4.78 is 4.74. The molecule has 0 spiro atoms. The van der Waals surface area contributed by atoms with Crippen molar-refractivity contribution in [2.75, 3.05) is 33.3 Å². The number of rotatable bonds is 12. The van der Waals surface area contributed by atoms with Gasteiger partial charge in [0, 0.05) is 50.2 Å². The second-order valence-corrected chi connectivity index (χ2v) is 13.2. The average Bonchev–Trinajstić information content (AvgIpc) is 3.53. The largest absolute Gasteiger partial charge is 1.00 e. The van der Waals surface area contributed by atoms with E-state index in [0.717, 1.165) is 41.9 Å². The third-order valence-corrected chi connectivity index (χ3v) is 9.17. The van der Waals surface area contributed by atoms with Crippen molar-refractivity contribution in [2.24, 2.45) is 21.5 Å². The van der Waals surface area contributed by atoms with Gasteiger partial charge < -0.3 is 36.6 Å². The summed E-state index contributed by atoms with van der Waals surface area (Å²) in [6.45, 7) is 11.0. The number of nitrogens with two attached hydrogens (primary N) is 2. The Hall–Kier alpha value is -3.74. The van der Waals surface area contributed by atoms with Crippen LogP contribution in [0.1, 0.15) is 95.3 Å². The SMILES string of the molecule is CCCN(CCC)C(=O)C1=Cc2sc(C(=O)O)cc2N=C(N)C1.CCCN(CCC)C(=O)C1=Cc2sc(C(=O)OC)cc2N=C(N)C1.[Li+].[OH-]. The van der Waals surface area contributed by atoms with Gasteiger partial charge in [0.25, 0.3) is 0 Å². The maximum Gasteiger partial charge on any atom is 1.00 e. The molecule has 0 atom stereocenters. The first-order valence-corrected chi connectivity index (χ1v) is 17.3. The number of nitrogens with zero attached hydrogens (tertiary/aromatic N) is 4. The van der Waals surface area contributed by atoms with E-state index in [9.17, 15) is 19.2 Å². The van der Waals surface area contributed by atoms with Crippen molar-refractivity contribution in [3.63, 3.8) is 0 Å². The summed E-state index contributed by atoms with van der Waals surface area (Å²) in [6, 6.07) is 3.15. The van der Waals surface area contributed by atoms with Crippen molar-refractivity contribution in [2.45, 2.75) is 66.2 Å². The molecule has 262 valence electrons. The fraction of sp³-hybridized carbons (Fsp3) is 0.455. The summed E-state index contributed by atoms with van der Waals surface area (Å²) in [5, 5.41) is 9.11. The number of thiophene rings is 2. The van der Waals surface area contributed by atoms with Crippen LogP contribution in [-0.4, -0.2) is 89.1 Å². The van der Waals surface area contributed by atoms with E-state index in [1.165, 1.54) is 24.5 Å². The van der Waals surface area contributed by atoms with E-state index >= 15 is 0 Å². The number of aliphatic imine (C=N–C) groups is 2. The first kappa shape index (κ1) is 43.3. The Bertz CT molecular complexity index is 1600. The van der Waals surface area contributed by atoms with Crippen LogP contribution in [-0.2, 0) is 14.3 Å². The van der Waals surface area contributed by atoms with Crippen LogP contribution in [0.5, 0.6) is 0 Å². The summed E-state index contributed by atoms with van der Waals surface area (Å²) in [5.74, 6) is -0.789. The summed E-state index contributed by atoms with van der Waals surface area (Å²) in [5.41, 5.74) is 14.2. The van der Waals surface area contributed by atoms with Crippen LogP contribution in [0.3, 0.4) is 0 Å². The summed E-state index contributed by atoms with van der Waals surface area (Å²) >= 11 is 2.37. The average molecular weight is 709 g/mol. The molecule has 2 aliphatic rings. The Labute approximate surface area is 307 Å². The second-order valence-electron chi connectivity index (χ2n) is 11.0. The molecule has 0 saturated heterocycles. The van der Waals surface area contributed by atoms with Gasteiger partial charge in [-0.05, 0) is 50.0 Å². The number of hydrogen-bond donors (Lipinski definition) is 3. The van der Waals surface area contributed by atoms with Gasteiger partial charge in [-0.15, -0.1) is 22.7 Å². The van der Waals surface area contributed by atoms with E-state index in [2.05, 4.69) is 9.98 Å². The molecule has 6 N–H and O–H groups in total.